The van der Waals surface area contributed by atoms with Crippen molar-refractivity contribution in [2.45, 2.75) is 26.2 Å². The van der Waals surface area contributed by atoms with Gasteiger partial charge in [0.15, 0.2) is 0 Å². The van der Waals surface area contributed by atoms with Crippen molar-refractivity contribution in [3.8, 4) is 5.75 Å². The lowest BCUT2D eigenvalue weighted by Gasteiger charge is -2.12. The number of methoxy groups -OCH3 is 1. The zero-order valence-electron chi connectivity index (χ0n) is 10.2. The lowest BCUT2D eigenvalue weighted by molar-refractivity contribution is 0.407. The Hall–Kier alpha value is -0.950. The van der Waals surface area contributed by atoms with E-state index in [1.807, 2.05) is 6.07 Å². The summed E-state index contributed by atoms with van der Waals surface area (Å²) in [6.45, 7) is 4.34. The molecule has 1 rings (SSSR count). The van der Waals surface area contributed by atoms with Crippen LogP contribution in [0.15, 0.2) is 24.3 Å². The standard InChI is InChI=1S/C14H19ClO/c1-11(2)13-10-12(6-4-5-9-15)7-8-14(13)16-3/h4,6-8,10-11H,5,9H2,1-3H3/b6-4+. The van der Waals surface area contributed by atoms with Crippen molar-refractivity contribution in [1.82, 2.24) is 0 Å². The Morgan fingerprint density at radius 1 is 1.38 bits per heavy atom. The molecule has 0 aliphatic carbocycles. The number of alkyl halides is 1. The highest BCUT2D eigenvalue weighted by Gasteiger charge is 2.06. The van der Waals surface area contributed by atoms with Gasteiger partial charge in [-0.05, 0) is 35.6 Å². The molecule has 0 saturated carbocycles. The SMILES string of the molecule is COc1ccc(/C=C/CCCl)cc1C(C)C. The van der Waals surface area contributed by atoms with Gasteiger partial charge in [0.2, 0.25) is 0 Å². The number of ether oxygens (including phenoxy) is 1. The van der Waals surface area contributed by atoms with Gasteiger partial charge in [-0.2, -0.15) is 0 Å². The van der Waals surface area contributed by atoms with Crippen LogP contribution in [0.5, 0.6) is 5.75 Å². The molecule has 1 aromatic carbocycles. The normalized spacial score (nSPS) is 11.3. The van der Waals surface area contributed by atoms with Crippen LogP contribution in [-0.4, -0.2) is 13.0 Å². The molecular formula is C14H19ClO. The van der Waals surface area contributed by atoms with Gasteiger partial charge in [0.25, 0.3) is 0 Å². The van der Waals surface area contributed by atoms with Crippen LogP contribution in [0.25, 0.3) is 6.08 Å². The fourth-order valence-electron chi connectivity index (χ4n) is 1.59. The monoisotopic (exact) mass is 238 g/mol. The second-order valence-corrected chi connectivity index (χ2v) is 4.41. The smallest absolute Gasteiger partial charge is 0.122 e. The van der Waals surface area contributed by atoms with Crippen molar-refractivity contribution in [3.63, 3.8) is 0 Å². The van der Waals surface area contributed by atoms with Gasteiger partial charge in [-0.15, -0.1) is 11.6 Å². The molecule has 0 saturated heterocycles. The molecule has 0 unspecified atom stereocenters. The van der Waals surface area contributed by atoms with E-state index in [2.05, 4.69) is 38.1 Å². The van der Waals surface area contributed by atoms with E-state index in [1.54, 1.807) is 7.11 Å². The lowest BCUT2D eigenvalue weighted by atomic mass is 9.99. The summed E-state index contributed by atoms with van der Waals surface area (Å²) in [6.07, 6.45) is 5.11. The van der Waals surface area contributed by atoms with E-state index < -0.39 is 0 Å². The molecule has 2 heteroatoms. The number of rotatable bonds is 5. The van der Waals surface area contributed by atoms with E-state index in [4.69, 9.17) is 16.3 Å². The van der Waals surface area contributed by atoms with Crippen LogP contribution in [0.2, 0.25) is 0 Å². The van der Waals surface area contributed by atoms with Crippen LogP contribution in [0.3, 0.4) is 0 Å². The summed E-state index contributed by atoms with van der Waals surface area (Å²) >= 11 is 5.63. The minimum atomic E-state index is 0.469. The zero-order valence-corrected chi connectivity index (χ0v) is 10.9. The van der Waals surface area contributed by atoms with Gasteiger partial charge in [0.1, 0.15) is 5.75 Å². The molecule has 0 spiro atoms. The Morgan fingerprint density at radius 2 is 2.12 bits per heavy atom. The Bertz CT molecular complexity index is 356. The lowest BCUT2D eigenvalue weighted by Crippen LogP contribution is -1.94. The van der Waals surface area contributed by atoms with Gasteiger partial charge in [0.05, 0.1) is 7.11 Å². The predicted octanol–water partition coefficient (Wildman–Crippen LogP) is 4.46. The molecule has 0 bridgehead atoms. The molecule has 0 fully saturated rings. The second kappa shape index (κ2) is 6.59. The first-order valence-corrected chi connectivity index (χ1v) is 6.13. The Balaban J connectivity index is 2.93. The molecule has 88 valence electrons. The predicted molar refractivity (Wildman–Crippen MR) is 71.5 cm³/mol. The van der Waals surface area contributed by atoms with Crippen LogP contribution < -0.4 is 4.74 Å². The molecule has 0 atom stereocenters. The highest BCUT2D eigenvalue weighted by Crippen LogP contribution is 2.27. The van der Waals surface area contributed by atoms with Crippen molar-refractivity contribution in [2.75, 3.05) is 13.0 Å². The first-order chi connectivity index (χ1) is 7.69. The molecule has 0 aliphatic rings. The Labute approximate surface area is 103 Å². The summed E-state index contributed by atoms with van der Waals surface area (Å²) in [4.78, 5) is 0. The molecule has 1 aromatic rings. The van der Waals surface area contributed by atoms with E-state index in [1.165, 1.54) is 11.1 Å². The van der Waals surface area contributed by atoms with Crippen molar-refractivity contribution in [3.05, 3.63) is 35.4 Å². The third-order valence-corrected chi connectivity index (χ3v) is 2.68. The van der Waals surface area contributed by atoms with E-state index in [9.17, 15) is 0 Å². The average molecular weight is 239 g/mol. The van der Waals surface area contributed by atoms with Gasteiger partial charge in [-0.3, -0.25) is 0 Å². The van der Waals surface area contributed by atoms with Crippen LogP contribution in [0.4, 0.5) is 0 Å². The van der Waals surface area contributed by atoms with E-state index in [-0.39, 0.29) is 0 Å². The fourth-order valence-corrected chi connectivity index (χ4v) is 1.72. The largest absolute Gasteiger partial charge is 0.496 e. The van der Waals surface area contributed by atoms with E-state index in [0.29, 0.717) is 11.8 Å². The topological polar surface area (TPSA) is 9.23 Å². The van der Waals surface area contributed by atoms with Crippen LogP contribution in [0.1, 0.15) is 37.3 Å². The van der Waals surface area contributed by atoms with Gasteiger partial charge in [-0.1, -0.05) is 32.1 Å². The third kappa shape index (κ3) is 3.57. The fraction of sp³-hybridized carbons (Fsp3) is 0.429. The number of halogens is 1. The number of allylic oxidation sites excluding steroid dienone is 1. The molecule has 0 amide bonds. The summed E-state index contributed by atoms with van der Waals surface area (Å²) in [5, 5.41) is 0. The van der Waals surface area contributed by atoms with Crippen LogP contribution in [-0.2, 0) is 0 Å². The number of hydrogen-bond donors (Lipinski definition) is 0. The quantitative estimate of drug-likeness (QED) is 0.689. The van der Waals surface area contributed by atoms with E-state index in [0.717, 1.165) is 12.2 Å². The summed E-state index contributed by atoms with van der Waals surface area (Å²) in [5.41, 5.74) is 2.45. The zero-order chi connectivity index (χ0) is 12.0. The molecule has 0 N–H and O–H groups in total. The molecular weight excluding hydrogens is 220 g/mol. The number of hydrogen-bond acceptors (Lipinski definition) is 1. The van der Waals surface area contributed by atoms with Crippen molar-refractivity contribution < 1.29 is 4.74 Å². The Morgan fingerprint density at radius 3 is 2.69 bits per heavy atom. The van der Waals surface area contributed by atoms with Crippen molar-refractivity contribution in [1.29, 1.82) is 0 Å². The van der Waals surface area contributed by atoms with Gasteiger partial charge in [0, 0.05) is 5.88 Å². The minimum absolute atomic E-state index is 0.469. The highest BCUT2D eigenvalue weighted by atomic mass is 35.5. The summed E-state index contributed by atoms with van der Waals surface area (Å²) < 4.78 is 5.34. The first-order valence-electron chi connectivity index (χ1n) is 5.59. The van der Waals surface area contributed by atoms with Gasteiger partial charge >= 0.3 is 0 Å². The maximum absolute atomic E-state index is 5.63. The molecule has 0 aliphatic heterocycles. The summed E-state index contributed by atoms with van der Waals surface area (Å²) in [6, 6.07) is 6.26. The summed E-state index contributed by atoms with van der Waals surface area (Å²) in [7, 11) is 1.71. The third-order valence-electron chi connectivity index (χ3n) is 2.46. The molecule has 16 heavy (non-hydrogen) atoms. The second-order valence-electron chi connectivity index (χ2n) is 4.04. The Kier molecular flexibility index (Phi) is 5.41. The molecule has 1 nitrogen and oxygen atoms in total. The first kappa shape index (κ1) is 13.1. The molecule has 0 radical (unpaired) electrons. The minimum Gasteiger partial charge on any atom is -0.496 e. The van der Waals surface area contributed by atoms with Crippen LogP contribution in [0, 0.1) is 0 Å². The average Bonchev–Trinajstić information content (AvgIpc) is 2.29. The highest BCUT2D eigenvalue weighted by molar-refractivity contribution is 6.17. The maximum atomic E-state index is 5.63. The number of benzene rings is 1. The van der Waals surface area contributed by atoms with Crippen molar-refractivity contribution >= 4 is 17.7 Å². The maximum Gasteiger partial charge on any atom is 0.122 e. The van der Waals surface area contributed by atoms with E-state index >= 15 is 0 Å². The van der Waals surface area contributed by atoms with Gasteiger partial charge in [-0.25, -0.2) is 0 Å². The van der Waals surface area contributed by atoms with Gasteiger partial charge < -0.3 is 4.74 Å². The molecule has 0 heterocycles. The molecule has 0 aromatic heterocycles. The van der Waals surface area contributed by atoms with Crippen molar-refractivity contribution in [2.24, 2.45) is 0 Å². The van der Waals surface area contributed by atoms with Crippen LogP contribution >= 0.6 is 11.6 Å². The summed E-state index contributed by atoms with van der Waals surface area (Å²) in [5.74, 6) is 2.10.